The topological polar surface area (TPSA) is 98.7 Å². The first-order valence-electron chi connectivity index (χ1n) is 6.86. The van der Waals surface area contributed by atoms with E-state index >= 15 is 0 Å². The van der Waals surface area contributed by atoms with Gasteiger partial charge in [0.05, 0.1) is 11.5 Å². The van der Waals surface area contributed by atoms with E-state index in [9.17, 15) is 14.9 Å². The third-order valence-electron chi connectivity index (χ3n) is 3.60. The number of ether oxygens (including phenoxy) is 1. The van der Waals surface area contributed by atoms with Crippen LogP contribution in [0.5, 0.6) is 0 Å². The standard InChI is InChI=1S/C14H19N3O4/c1-16(8-10-3-2-6-21-9-10)14(18)11-4-5-13(17(19)20)12(15)7-11/h4-5,7,10H,2-3,6,8-9,15H2,1H3. The predicted molar refractivity (Wildman–Crippen MR) is 78.0 cm³/mol. The summed E-state index contributed by atoms with van der Waals surface area (Å²) in [6.45, 7) is 2.06. The number of benzene rings is 1. The summed E-state index contributed by atoms with van der Waals surface area (Å²) in [6, 6.07) is 4.05. The van der Waals surface area contributed by atoms with Crippen LogP contribution in [0, 0.1) is 16.0 Å². The SMILES string of the molecule is CN(CC1CCCOC1)C(=O)c1ccc([N+](=O)[O-])c(N)c1. The van der Waals surface area contributed by atoms with Crippen molar-refractivity contribution in [1.29, 1.82) is 0 Å². The number of nitrogens with zero attached hydrogens (tertiary/aromatic N) is 2. The van der Waals surface area contributed by atoms with Crippen molar-refractivity contribution in [1.82, 2.24) is 4.90 Å². The Morgan fingerprint density at radius 3 is 2.90 bits per heavy atom. The molecular formula is C14H19N3O4. The molecule has 1 heterocycles. The van der Waals surface area contributed by atoms with E-state index < -0.39 is 4.92 Å². The van der Waals surface area contributed by atoms with Gasteiger partial charge in [-0.2, -0.15) is 0 Å². The number of nitro benzene ring substituents is 1. The Balaban J connectivity index is 2.04. The van der Waals surface area contributed by atoms with Crippen LogP contribution in [-0.4, -0.2) is 42.5 Å². The van der Waals surface area contributed by atoms with Gasteiger partial charge in [0, 0.05) is 31.8 Å². The number of amides is 1. The molecule has 0 bridgehead atoms. The van der Waals surface area contributed by atoms with Crippen molar-refractivity contribution in [3.63, 3.8) is 0 Å². The number of nitrogen functional groups attached to an aromatic ring is 1. The van der Waals surface area contributed by atoms with Crippen LogP contribution in [-0.2, 0) is 4.74 Å². The van der Waals surface area contributed by atoms with Crippen molar-refractivity contribution in [3.05, 3.63) is 33.9 Å². The summed E-state index contributed by atoms with van der Waals surface area (Å²) < 4.78 is 5.40. The summed E-state index contributed by atoms with van der Waals surface area (Å²) in [5, 5.41) is 10.7. The normalized spacial score (nSPS) is 18.2. The number of anilines is 1. The number of carbonyl (C=O) groups excluding carboxylic acids is 1. The first-order chi connectivity index (χ1) is 9.99. The smallest absolute Gasteiger partial charge is 0.292 e. The fourth-order valence-corrected chi connectivity index (χ4v) is 2.50. The minimum atomic E-state index is -0.563. The van der Waals surface area contributed by atoms with E-state index in [4.69, 9.17) is 10.5 Å². The summed E-state index contributed by atoms with van der Waals surface area (Å²) in [6.07, 6.45) is 2.05. The maximum absolute atomic E-state index is 12.3. The lowest BCUT2D eigenvalue weighted by molar-refractivity contribution is -0.383. The van der Waals surface area contributed by atoms with Crippen LogP contribution in [0.15, 0.2) is 18.2 Å². The Morgan fingerprint density at radius 2 is 2.33 bits per heavy atom. The molecule has 1 fully saturated rings. The molecule has 0 saturated carbocycles. The lowest BCUT2D eigenvalue weighted by Crippen LogP contribution is -2.35. The monoisotopic (exact) mass is 293 g/mol. The van der Waals surface area contributed by atoms with Gasteiger partial charge in [0.2, 0.25) is 0 Å². The maximum Gasteiger partial charge on any atom is 0.292 e. The third-order valence-corrected chi connectivity index (χ3v) is 3.60. The third kappa shape index (κ3) is 3.69. The van der Waals surface area contributed by atoms with E-state index in [2.05, 4.69) is 0 Å². The summed E-state index contributed by atoms with van der Waals surface area (Å²) in [7, 11) is 1.72. The summed E-state index contributed by atoms with van der Waals surface area (Å²) in [5.41, 5.74) is 5.79. The van der Waals surface area contributed by atoms with Gasteiger partial charge in [0.15, 0.2) is 0 Å². The van der Waals surface area contributed by atoms with Crippen molar-refractivity contribution in [2.24, 2.45) is 5.92 Å². The van der Waals surface area contributed by atoms with Gasteiger partial charge >= 0.3 is 0 Å². The first-order valence-corrected chi connectivity index (χ1v) is 6.86. The molecule has 114 valence electrons. The molecule has 2 N–H and O–H groups in total. The van der Waals surface area contributed by atoms with Crippen LogP contribution in [0.4, 0.5) is 11.4 Å². The van der Waals surface area contributed by atoms with Crippen LogP contribution in [0.3, 0.4) is 0 Å². The van der Waals surface area contributed by atoms with Crippen LogP contribution in [0.25, 0.3) is 0 Å². The van der Waals surface area contributed by atoms with E-state index in [1.54, 1.807) is 11.9 Å². The molecule has 1 saturated heterocycles. The zero-order valence-corrected chi connectivity index (χ0v) is 11.9. The quantitative estimate of drug-likeness (QED) is 0.517. The molecular weight excluding hydrogens is 274 g/mol. The van der Waals surface area contributed by atoms with Gasteiger partial charge in [0.1, 0.15) is 5.69 Å². The van der Waals surface area contributed by atoms with Crippen molar-refractivity contribution in [2.45, 2.75) is 12.8 Å². The van der Waals surface area contributed by atoms with E-state index in [0.717, 1.165) is 19.4 Å². The molecule has 2 rings (SSSR count). The molecule has 7 heteroatoms. The Labute approximate surface area is 122 Å². The highest BCUT2D eigenvalue weighted by Crippen LogP contribution is 2.23. The lowest BCUT2D eigenvalue weighted by atomic mass is 10.0. The molecule has 0 radical (unpaired) electrons. The second-order valence-corrected chi connectivity index (χ2v) is 5.30. The van der Waals surface area contributed by atoms with Gasteiger partial charge in [-0.1, -0.05) is 0 Å². The second kappa shape index (κ2) is 6.53. The van der Waals surface area contributed by atoms with Gasteiger partial charge in [-0.3, -0.25) is 14.9 Å². The summed E-state index contributed by atoms with van der Waals surface area (Å²) >= 11 is 0. The van der Waals surface area contributed by atoms with Crippen molar-refractivity contribution < 1.29 is 14.5 Å². The molecule has 0 aromatic heterocycles. The largest absolute Gasteiger partial charge is 0.393 e. The Kier molecular flexibility index (Phi) is 4.74. The number of hydrogen-bond donors (Lipinski definition) is 1. The molecule has 1 aliphatic heterocycles. The molecule has 7 nitrogen and oxygen atoms in total. The van der Waals surface area contributed by atoms with Crippen LogP contribution in [0.2, 0.25) is 0 Å². The van der Waals surface area contributed by atoms with E-state index in [1.165, 1.54) is 18.2 Å². The minimum Gasteiger partial charge on any atom is -0.393 e. The highest BCUT2D eigenvalue weighted by Gasteiger charge is 2.21. The van der Waals surface area contributed by atoms with Crippen molar-refractivity contribution in [2.75, 3.05) is 32.5 Å². The molecule has 1 aliphatic rings. The van der Waals surface area contributed by atoms with Crippen LogP contribution < -0.4 is 5.73 Å². The fraction of sp³-hybridized carbons (Fsp3) is 0.500. The number of rotatable bonds is 4. The van der Waals surface area contributed by atoms with E-state index in [1.807, 2.05) is 0 Å². The predicted octanol–water partition coefficient (Wildman–Crippen LogP) is 1.68. The molecule has 0 spiro atoms. The Morgan fingerprint density at radius 1 is 1.57 bits per heavy atom. The van der Waals surface area contributed by atoms with E-state index in [0.29, 0.717) is 24.6 Å². The van der Waals surface area contributed by atoms with Gasteiger partial charge in [-0.25, -0.2) is 0 Å². The van der Waals surface area contributed by atoms with Crippen molar-refractivity contribution >= 4 is 17.3 Å². The Bertz CT molecular complexity index is 541. The van der Waals surface area contributed by atoms with Gasteiger partial charge < -0.3 is 15.4 Å². The zero-order valence-electron chi connectivity index (χ0n) is 11.9. The molecule has 21 heavy (non-hydrogen) atoms. The van der Waals surface area contributed by atoms with Gasteiger partial charge in [0.25, 0.3) is 11.6 Å². The molecule has 0 aliphatic carbocycles. The molecule has 1 atom stereocenters. The number of nitrogens with two attached hydrogens (primary N) is 1. The van der Waals surface area contributed by atoms with Crippen LogP contribution >= 0.6 is 0 Å². The first kappa shape index (κ1) is 15.2. The highest BCUT2D eigenvalue weighted by atomic mass is 16.6. The molecule has 1 aromatic rings. The minimum absolute atomic E-state index is 0.000231. The average Bonchev–Trinajstić information content (AvgIpc) is 2.47. The number of carbonyl (C=O) groups is 1. The maximum atomic E-state index is 12.3. The molecule has 1 amide bonds. The van der Waals surface area contributed by atoms with Gasteiger partial charge in [-0.05, 0) is 30.9 Å². The summed E-state index contributed by atoms with van der Waals surface area (Å²) in [5.74, 6) is 0.144. The molecule has 1 unspecified atom stereocenters. The highest BCUT2D eigenvalue weighted by molar-refractivity contribution is 5.95. The fourth-order valence-electron chi connectivity index (χ4n) is 2.50. The lowest BCUT2D eigenvalue weighted by Gasteiger charge is -2.27. The molecule has 1 aromatic carbocycles. The number of nitro groups is 1. The van der Waals surface area contributed by atoms with E-state index in [-0.39, 0.29) is 17.3 Å². The number of hydrogen-bond acceptors (Lipinski definition) is 5. The van der Waals surface area contributed by atoms with Gasteiger partial charge in [-0.15, -0.1) is 0 Å². The zero-order chi connectivity index (χ0) is 15.4. The summed E-state index contributed by atoms with van der Waals surface area (Å²) in [4.78, 5) is 24.1. The second-order valence-electron chi connectivity index (χ2n) is 5.30. The van der Waals surface area contributed by atoms with Crippen molar-refractivity contribution in [3.8, 4) is 0 Å². The average molecular weight is 293 g/mol. The Hall–Kier alpha value is -2.15. The van der Waals surface area contributed by atoms with Crippen LogP contribution in [0.1, 0.15) is 23.2 Å².